The number of hydrogen-bond donors (Lipinski definition) is 1. The molecule has 1 aliphatic rings. The highest BCUT2D eigenvalue weighted by Crippen LogP contribution is 2.33. The molecular weight excluding hydrogens is 254 g/mol. The topological polar surface area (TPSA) is 52.1 Å². The fourth-order valence-corrected chi connectivity index (χ4v) is 2.25. The second-order valence-electron chi connectivity index (χ2n) is 5.75. The van der Waals surface area contributed by atoms with Crippen LogP contribution in [0.5, 0.6) is 0 Å². The zero-order chi connectivity index (χ0) is 14.1. The zero-order valence-corrected chi connectivity index (χ0v) is 12.0. The van der Waals surface area contributed by atoms with Gasteiger partial charge in [0.25, 0.3) is 0 Å². The van der Waals surface area contributed by atoms with E-state index in [0.717, 1.165) is 30.9 Å². The number of hydrogen-bond acceptors (Lipinski definition) is 3. The molecule has 1 saturated carbocycles. The van der Waals surface area contributed by atoms with Crippen molar-refractivity contribution < 1.29 is 4.42 Å². The highest BCUT2D eigenvalue weighted by Gasteiger charge is 2.25. The molecule has 0 amide bonds. The Morgan fingerprint density at radius 1 is 1.30 bits per heavy atom. The van der Waals surface area contributed by atoms with Gasteiger partial charge in [-0.3, -0.25) is 9.13 Å². The van der Waals surface area contributed by atoms with Crippen LogP contribution in [0.4, 0.5) is 0 Å². The maximum atomic E-state index is 12.1. The summed E-state index contributed by atoms with van der Waals surface area (Å²) in [4.78, 5) is 12.1. The van der Waals surface area contributed by atoms with Crippen molar-refractivity contribution >= 4 is 0 Å². The van der Waals surface area contributed by atoms with E-state index in [9.17, 15) is 4.79 Å². The van der Waals surface area contributed by atoms with Crippen molar-refractivity contribution in [3.63, 3.8) is 0 Å². The third-order valence-corrected chi connectivity index (χ3v) is 3.54. The van der Waals surface area contributed by atoms with Gasteiger partial charge < -0.3 is 9.73 Å². The number of nitrogens with one attached hydrogen (secondary N) is 1. The molecule has 2 aromatic heterocycles. The first-order chi connectivity index (χ1) is 9.63. The number of nitrogens with zero attached hydrogens (tertiary/aromatic N) is 2. The van der Waals surface area contributed by atoms with Gasteiger partial charge in [0.15, 0.2) is 0 Å². The van der Waals surface area contributed by atoms with Gasteiger partial charge in [0.05, 0.1) is 13.1 Å². The van der Waals surface area contributed by atoms with Crippen molar-refractivity contribution in [2.24, 2.45) is 0 Å². The molecule has 2 heterocycles. The summed E-state index contributed by atoms with van der Waals surface area (Å²) < 4.78 is 9.28. The van der Waals surface area contributed by atoms with Crippen LogP contribution in [-0.4, -0.2) is 15.2 Å². The molecule has 20 heavy (non-hydrogen) atoms. The average Bonchev–Trinajstić information content (AvgIpc) is 3.05. The van der Waals surface area contributed by atoms with Crippen LogP contribution in [0.3, 0.4) is 0 Å². The van der Waals surface area contributed by atoms with E-state index in [4.69, 9.17) is 4.42 Å². The lowest BCUT2D eigenvalue weighted by Gasteiger charge is -2.05. The van der Waals surface area contributed by atoms with Gasteiger partial charge in [-0.15, -0.1) is 0 Å². The third kappa shape index (κ3) is 2.88. The third-order valence-electron chi connectivity index (χ3n) is 3.54. The van der Waals surface area contributed by atoms with Gasteiger partial charge in [-0.2, -0.15) is 0 Å². The van der Waals surface area contributed by atoms with E-state index in [-0.39, 0.29) is 5.69 Å². The first-order valence-corrected chi connectivity index (χ1v) is 7.21. The molecular formula is C15H21N3O2. The van der Waals surface area contributed by atoms with Crippen molar-refractivity contribution in [2.75, 3.05) is 0 Å². The molecule has 0 radical (unpaired) electrons. The van der Waals surface area contributed by atoms with Gasteiger partial charge in [0, 0.05) is 24.5 Å². The van der Waals surface area contributed by atoms with E-state index < -0.39 is 0 Å². The zero-order valence-electron chi connectivity index (χ0n) is 12.0. The Morgan fingerprint density at radius 2 is 2.05 bits per heavy atom. The van der Waals surface area contributed by atoms with Gasteiger partial charge >= 0.3 is 5.69 Å². The molecule has 0 atom stereocenters. The van der Waals surface area contributed by atoms with Crippen LogP contribution >= 0.6 is 0 Å². The summed E-state index contributed by atoms with van der Waals surface area (Å²) in [7, 11) is 0. The van der Waals surface area contributed by atoms with Crippen LogP contribution in [0, 0.1) is 0 Å². The van der Waals surface area contributed by atoms with Crippen molar-refractivity contribution in [3.8, 4) is 0 Å². The second-order valence-corrected chi connectivity index (χ2v) is 5.75. The van der Waals surface area contributed by atoms with E-state index in [1.54, 1.807) is 4.57 Å². The molecule has 1 N–H and O–H groups in total. The molecule has 0 aliphatic heterocycles. The molecule has 0 unspecified atom stereocenters. The monoisotopic (exact) mass is 275 g/mol. The predicted octanol–water partition coefficient (Wildman–Crippen LogP) is 2.12. The van der Waals surface area contributed by atoms with Crippen LogP contribution < -0.4 is 11.0 Å². The Bertz CT molecular complexity index is 632. The SMILES string of the molecule is CC(C)NCc1ccc(Cn2ccn(C3CC3)c2=O)o1. The van der Waals surface area contributed by atoms with Crippen molar-refractivity contribution in [2.45, 2.75) is 51.9 Å². The molecule has 0 bridgehead atoms. The molecule has 3 rings (SSSR count). The van der Waals surface area contributed by atoms with E-state index in [1.165, 1.54) is 0 Å². The van der Waals surface area contributed by atoms with E-state index in [0.29, 0.717) is 18.6 Å². The minimum atomic E-state index is 0.0609. The van der Waals surface area contributed by atoms with Crippen molar-refractivity contribution in [1.82, 2.24) is 14.5 Å². The molecule has 5 heteroatoms. The van der Waals surface area contributed by atoms with E-state index >= 15 is 0 Å². The molecule has 0 aromatic carbocycles. The predicted molar refractivity (Wildman–Crippen MR) is 76.7 cm³/mol. The standard InChI is InChI=1S/C15H21N3O2/c1-11(2)16-9-13-5-6-14(20-13)10-17-7-8-18(15(17)19)12-3-4-12/h5-8,11-12,16H,3-4,9-10H2,1-2H3. The van der Waals surface area contributed by atoms with Gasteiger partial charge in [0.1, 0.15) is 11.5 Å². The summed E-state index contributed by atoms with van der Waals surface area (Å²) in [6.45, 7) is 5.42. The Hall–Kier alpha value is -1.75. The maximum absolute atomic E-state index is 12.1. The normalized spacial score (nSPS) is 15.2. The van der Waals surface area contributed by atoms with Crippen molar-refractivity contribution in [1.29, 1.82) is 0 Å². The number of rotatable bonds is 6. The molecule has 0 spiro atoms. The van der Waals surface area contributed by atoms with Gasteiger partial charge in [-0.1, -0.05) is 13.8 Å². The van der Waals surface area contributed by atoms with E-state index in [1.807, 2.05) is 29.1 Å². The van der Waals surface area contributed by atoms with Crippen LogP contribution in [0.1, 0.15) is 44.3 Å². The number of furan rings is 1. The summed E-state index contributed by atoms with van der Waals surface area (Å²) in [5, 5.41) is 3.31. The fourth-order valence-electron chi connectivity index (χ4n) is 2.25. The first kappa shape index (κ1) is 13.2. The Kier molecular flexibility index (Phi) is 3.53. The largest absolute Gasteiger partial charge is 0.463 e. The van der Waals surface area contributed by atoms with Gasteiger partial charge in [0.2, 0.25) is 0 Å². The highest BCUT2D eigenvalue weighted by molar-refractivity contribution is 5.08. The Morgan fingerprint density at radius 3 is 2.75 bits per heavy atom. The van der Waals surface area contributed by atoms with Gasteiger partial charge in [-0.05, 0) is 25.0 Å². The van der Waals surface area contributed by atoms with Crippen LogP contribution in [0.25, 0.3) is 0 Å². The lowest BCUT2D eigenvalue weighted by atomic mass is 10.3. The van der Waals surface area contributed by atoms with Crippen LogP contribution in [0.2, 0.25) is 0 Å². The lowest BCUT2D eigenvalue weighted by molar-refractivity contribution is 0.425. The minimum absolute atomic E-state index is 0.0609. The fraction of sp³-hybridized carbons (Fsp3) is 0.533. The highest BCUT2D eigenvalue weighted by atomic mass is 16.3. The second kappa shape index (κ2) is 5.32. The van der Waals surface area contributed by atoms with Gasteiger partial charge in [-0.25, -0.2) is 4.79 Å². The molecule has 1 fully saturated rings. The first-order valence-electron chi connectivity index (χ1n) is 7.21. The number of imidazole rings is 1. The summed E-state index contributed by atoms with van der Waals surface area (Å²) in [6.07, 6.45) is 5.96. The summed E-state index contributed by atoms with van der Waals surface area (Å²) in [6, 6.07) is 4.76. The Labute approximate surface area is 118 Å². The molecule has 108 valence electrons. The summed E-state index contributed by atoms with van der Waals surface area (Å²) >= 11 is 0. The molecule has 0 saturated heterocycles. The maximum Gasteiger partial charge on any atom is 0.328 e. The smallest absolute Gasteiger partial charge is 0.328 e. The Balaban J connectivity index is 1.67. The summed E-state index contributed by atoms with van der Waals surface area (Å²) in [5.74, 6) is 1.73. The average molecular weight is 275 g/mol. The van der Waals surface area contributed by atoms with E-state index in [2.05, 4.69) is 19.2 Å². The molecule has 2 aromatic rings. The quantitative estimate of drug-likeness (QED) is 0.878. The van der Waals surface area contributed by atoms with Crippen LogP contribution in [0.15, 0.2) is 33.7 Å². The molecule has 1 aliphatic carbocycles. The lowest BCUT2D eigenvalue weighted by Crippen LogP contribution is -2.23. The number of aromatic nitrogens is 2. The van der Waals surface area contributed by atoms with Crippen molar-refractivity contribution in [3.05, 3.63) is 46.5 Å². The molecule has 5 nitrogen and oxygen atoms in total. The minimum Gasteiger partial charge on any atom is -0.463 e. The van der Waals surface area contributed by atoms with Crippen LogP contribution in [-0.2, 0) is 13.1 Å². The summed E-state index contributed by atoms with van der Waals surface area (Å²) in [5.41, 5.74) is 0.0609.